The molecular weight excluding hydrogens is 332 g/mol. The van der Waals surface area contributed by atoms with Gasteiger partial charge in [0.15, 0.2) is 0 Å². The highest BCUT2D eigenvalue weighted by Gasteiger charge is 2.15. The maximum absolute atomic E-state index is 12.5. The van der Waals surface area contributed by atoms with Gasteiger partial charge in [0, 0.05) is 16.0 Å². The molecule has 0 saturated carbocycles. The number of benzene rings is 3. The van der Waals surface area contributed by atoms with Gasteiger partial charge in [0.05, 0.1) is 11.1 Å². The van der Waals surface area contributed by atoms with Gasteiger partial charge < -0.3 is 0 Å². The second kappa shape index (κ2) is 6.40. The van der Waals surface area contributed by atoms with Crippen LogP contribution in [0.25, 0.3) is 10.8 Å². The predicted molar refractivity (Wildman–Crippen MR) is 93.3 cm³/mol. The van der Waals surface area contributed by atoms with E-state index in [1.807, 2.05) is 18.2 Å². The zero-order valence-corrected chi connectivity index (χ0v) is 13.6. The molecule has 0 saturated heterocycles. The summed E-state index contributed by atoms with van der Waals surface area (Å²) in [5.41, 5.74) is 0.634. The summed E-state index contributed by atoms with van der Waals surface area (Å²) in [5.74, 6) is 0. The summed E-state index contributed by atoms with van der Waals surface area (Å²) in [7, 11) is -3.76. The topological polar surface area (TPSA) is 58.5 Å². The zero-order valence-electron chi connectivity index (χ0n) is 12.0. The van der Waals surface area contributed by atoms with Crippen LogP contribution in [0.2, 0.25) is 5.02 Å². The van der Waals surface area contributed by atoms with Crippen molar-refractivity contribution in [3.05, 3.63) is 77.3 Å². The van der Waals surface area contributed by atoms with E-state index < -0.39 is 10.0 Å². The maximum atomic E-state index is 12.5. The molecule has 0 unspecified atom stereocenters. The Balaban J connectivity index is 1.91. The van der Waals surface area contributed by atoms with E-state index in [1.54, 1.807) is 48.5 Å². The largest absolute Gasteiger partial charge is 0.277 e. The molecule has 1 N–H and O–H groups in total. The Hall–Kier alpha value is -2.37. The minimum Gasteiger partial charge on any atom is -0.200 e. The Morgan fingerprint density at radius 2 is 1.61 bits per heavy atom. The van der Waals surface area contributed by atoms with Gasteiger partial charge in [0.2, 0.25) is 0 Å². The predicted octanol–water partition coefficient (Wildman–Crippen LogP) is 3.81. The van der Waals surface area contributed by atoms with Crippen LogP contribution in [0.3, 0.4) is 0 Å². The van der Waals surface area contributed by atoms with Crippen molar-refractivity contribution in [3.8, 4) is 0 Å². The molecule has 0 bridgehead atoms. The van der Waals surface area contributed by atoms with Gasteiger partial charge in [-0.25, -0.2) is 4.83 Å². The highest BCUT2D eigenvalue weighted by molar-refractivity contribution is 7.89. The number of rotatable bonds is 4. The van der Waals surface area contributed by atoms with Crippen molar-refractivity contribution < 1.29 is 8.42 Å². The molecule has 116 valence electrons. The SMILES string of the molecule is O=S(=O)(NN=Cc1ccccc1Cl)c1cccc2ccccc12. The molecule has 0 fully saturated rings. The van der Waals surface area contributed by atoms with Crippen LogP contribution in [-0.2, 0) is 10.0 Å². The molecule has 0 aliphatic heterocycles. The van der Waals surface area contributed by atoms with Gasteiger partial charge in [-0.2, -0.15) is 13.5 Å². The molecule has 0 radical (unpaired) electrons. The quantitative estimate of drug-likeness (QED) is 0.578. The van der Waals surface area contributed by atoms with Crippen molar-refractivity contribution in [2.75, 3.05) is 0 Å². The van der Waals surface area contributed by atoms with Gasteiger partial charge in [-0.15, -0.1) is 0 Å². The number of nitrogens with zero attached hydrogens (tertiary/aromatic N) is 1. The van der Waals surface area contributed by atoms with Crippen LogP contribution in [0.15, 0.2) is 76.7 Å². The maximum Gasteiger partial charge on any atom is 0.277 e. The molecule has 3 aromatic rings. The van der Waals surface area contributed by atoms with Gasteiger partial charge in [0.1, 0.15) is 0 Å². The number of nitrogens with one attached hydrogen (secondary N) is 1. The lowest BCUT2D eigenvalue weighted by molar-refractivity contribution is 0.585. The smallest absolute Gasteiger partial charge is 0.200 e. The molecule has 0 aliphatic rings. The van der Waals surface area contributed by atoms with Crippen molar-refractivity contribution in [3.63, 3.8) is 0 Å². The van der Waals surface area contributed by atoms with Gasteiger partial charge in [-0.05, 0) is 17.5 Å². The average molecular weight is 345 g/mol. The van der Waals surface area contributed by atoms with Gasteiger partial charge >= 0.3 is 0 Å². The number of hydrogen-bond donors (Lipinski definition) is 1. The summed E-state index contributed by atoms with van der Waals surface area (Å²) >= 11 is 6.00. The molecule has 0 aromatic heterocycles. The summed E-state index contributed by atoms with van der Waals surface area (Å²) < 4.78 is 24.9. The summed E-state index contributed by atoms with van der Waals surface area (Å²) in [5, 5.41) is 5.81. The molecular formula is C17H13ClN2O2S. The molecule has 23 heavy (non-hydrogen) atoms. The number of sulfonamides is 1. The number of hydrogen-bond acceptors (Lipinski definition) is 3. The van der Waals surface area contributed by atoms with Gasteiger partial charge in [-0.3, -0.25) is 0 Å². The highest BCUT2D eigenvalue weighted by atomic mass is 35.5. The standard InChI is InChI=1S/C17H13ClN2O2S/c18-16-10-4-2-7-14(16)12-19-20-23(21,22)17-11-5-8-13-6-1-3-9-15(13)17/h1-12,20H. The van der Waals surface area contributed by atoms with E-state index in [1.165, 1.54) is 6.21 Å². The van der Waals surface area contributed by atoms with Crippen molar-refractivity contribution in [1.82, 2.24) is 4.83 Å². The first-order valence-electron chi connectivity index (χ1n) is 6.85. The molecule has 0 atom stereocenters. The Labute approximate surface area is 139 Å². The fraction of sp³-hybridized carbons (Fsp3) is 0. The Morgan fingerprint density at radius 1 is 0.913 bits per heavy atom. The minimum atomic E-state index is -3.76. The number of halogens is 1. The van der Waals surface area contributed by atoms with E-state index in [4.69, 9.17) is 11.6 Å². The third-order valence-corrected chi connectivity index (χ3v) is 4.95. The van der Waals surface area contributed by atoms with E-state index in [9.17, 15) is 8.42 Å². The van der Waals surface area contributed by atoms with Crippen LogP contribution in [0.5, 0.6) is 0 Å². The Bertz CT molecular complexity index is 979. The monoisotopic (exact) mass is 344 g/mol. The van der Waals surface area contributed by atoms with Crippen LogP contribution >= 0.6 is 11.6 Å². The van der Waals surface area contributed by atoms with E-state index in [-0.39, 0.29) is 4.90 Å². The van der Waals surface area contributed by atoms with E-state index >= 15 is 0 Å². The minimum absolute atomic E-state index is 0.187. The third kappa shape index (κ3) is 3.36. The lowest BCUT2D eigenvalue weighted by atomic mass is 10.1. The van der Waals surface area contributed by atoms with Crippen LogP contribution in [0.1, 0.15) is 5.56 Å². The van der Waals surface area contributed by atoms with Crippen molar-refractivity contribution >= 4 is 38.6 Å². The summed E-state index contributed by atoms with van der Waals surface area (Å²) in [6.07, 6.45) is 1.38. The lowest BCUT2D eigenvalue weighted by Gasteiger charge is -2.07. The molecule has 0 heterocycles. The molecule has 6 heteroatoms. The van der Waals surface area contributed by atoms with Crippen LogP contribution in [0.4, 0.5) is 0 Å². The fourth-order valence-corrected chi connectivity index (χ4v) is 3.43. The zero-order chi connectivity index (χ0) is 16.3. The van der Waals surface area contributed by atoms with E-state index in [0.717, 1.165) is 5.39 Å². The third-order valence-electron chi connectivity index (χ3n) is 3.32. The highest BCUT2D eigenvalue weighted by Crippen LogP contribution is 2.22. The van der Waals surface area contributed by atoms with Gasteiger partial charge in [0.25, 0.3) is 10.0 Å². The Kier molecular flexibility index (Phi) is 4.32. The van der Waals surface area contributed by atoms with Crippen molar-refractivity contribution in [2.45, 2.75) is 4.90 Å². The van der Waals surface area contributed by atoms with Crippen LogP contribution < -0.4 is 4.83 Å². The summed E-state index contributed by atoms with van der Waals surface area (Å²) in [4.78, 5) is 2.41. The van der Waals surface area contributed by atoms with Crippen LogP contribution in [-0.4, -0.2) is 14.6 Å². The molecule has 3 aromatic carbocycles. The summed E-state index contributed by atoms with van der Waals surface area (Å²) in [6, 6.07) is 19.5. The molecule has 3 rings (SSSR count). The molecule has 0 amide bonds. The number of hydrazone groups is 1. The average Bonchev–Trinajstić information content (AvgIpc) is 2.56. The first-order valence-corrected chi connectivity index (χ1v) is 8.71. The Morgan fingerprint density at radius 3 is 2.43 bits per heavy atom. The number of fused-ring (bicyclic) bond motifs is 1. The van der Waals surface area contributed by atoms with Crippen molar-refractivity contribution in [1.29, 1.82) is 0 Å². The van der Waals surface area contributed by atoms with Crippen LogP contribution in [0, 0.1) is 0 Å². The second-order valence-electron chi connectivity index (χ2n) is 4.85. The van der Waals surface area contributed by atoms with Crippen molar-refractivity contribution in [2.24, 2.45) is 5.10 Å². The normalized spacial score (nSPS) is 11.9. The first kappa shape index (κ1) is 15.5. The first-order chi connectivity index (χ1) is 11.1. The molecule has 0 spiro atoms. The van der Waals surface area contributed by atoms with E-state index in [0.29, 0.717) is 16.0 Å². The van der Waals surface area contributed by atoms with E-state index in [2.05, 4.69) is 9.93 Å². The molecule has 0 aliphatic carbocycles. The summed E-state index contributed by atoms with van der Waals surface area (Å²) in [6.45, 7) is 0. The van der Waals surface area contributed by atoms with Gasteiger partial charge in [-0.1, -0.05) is 66.2 Å². The lowest BCUT2D eigenvalue weighted by Crippen LogP contribution is -2.18. The molecule has 4 nitrogen and oxygen atoms in total. The fourth-order valence-electron chi connectivity index (χ4n) is 2.22. The second-order valence-corrected chi connectivity index (χ2v) is 6.89.